The highest BCUT2D eigenvalue weighted by Gasteiger charge is 2.08. The van der Waals surface area contributed by atoms with Crippen molar-refractivity contribution in [3.63, 3.8) is 0 Å². The molecule has 0 amide bonds. The number of nitrogens with zero attached hydrogens (tertiary/aromatic N) is 1. The van der Waals surface area contributed by atoms with Crippen molar-refractivity contribution >= 4 is 23.3 Å². The highest BCUT2D eigenvalue weighted by Crippen LogP contribution is 2.28. The Bertz CT molecular complexity index is 934. The molecule has 3 aromatic rings. The zero-order chi connectivity index (χ0) is 16.4. The second-order valence-corrected chi connectivity index (χ2v) is 5.07. The molecule has 0 saturated carbocycles. The summed E-state index contributed by atoms with van der Waals surface area (Å²) < 4.78 is 17.3. The van der Waals surface area contributed by atoms with Gasteiger partial charge in [-0.2, -0.15) is 0 Å². The van der Waals surface area contributed by atoms with Gasteiger partial charge in [-0.3, -0.25) is 4.57 Å². The Morgan fingerprint density at radius 3 is 2.57 bits per heavy atom. The molecule has 0 fully saturated rings. The van der Waals surface area contributed by atoms with Crippen molar-refractivity contribution in [2.45, 2.75) is 0 Å². The smallest absolute Gasteiger partial charge is 0.419 e. The first-order valence-electron chi connectivity index (χ1n) is 7.12. The summed E-state index contributed by atoms with van der Waals surface area (Å²) in [7, 11) is 4.90. The zero-order valence-corrected chi connectivity index (χ0v) is 13.2. The summed E-state index contributed by atoms with van der Waals surface area (Å²) in [6.07, 6.45) is 3.84. The summed E-state index contributed by atoms with van der Waals surface area (Å²) in [5.41, 5.74) is 3.15. The van der Waals surface area contributed by atoms with Crippen LogP contribution >= 0.6 is 0 Å². The molecular formula is C18H17NO4. The summed E-state index contributed by atoms with van der Waals surface area (Å²) in [5, 5.41) is 0. The van der Waals surface area contributed by atoms with Crippen molar-refractivity contribution < 1.29 is 13.9 Å². The SMILES string of the molecule is COc1ccc(/C=C/c2cccc3c2oc(=O)n3C)cc1OC. The summed E-state index contributed by atoms with van der Waals surface area (Å²) in [5.74, 6) is 0.979. The van der Waals surface area contributed by atoms with Crippen LogP contribution in [0.15, 0.2) is 45.6 Å². The third-order valence-corrected chi connectivity index (χ3v) is 3.71. The van der Waals surface area contributed by atoms with Crippen molar-refractivity contribution in [1.29, 1.82) is 0 Å². The molecule has 0 aliphatic carbocycles. The summed E-state index contributed by atoms with van der Waals surface area (Å²) in [6, 6.07) is 11.3. The second-order valence-electron chi connectivity index (χ2n) is 5.07. The lowest BCUT2D eigenvalue weighted by Crippen LogP contribution is -2.08. The van der Waals surface area contributed by atoms with Gasteiger partial charge in [0.05, 0.1) is 19.7 Å². The Morgan fingerprint density at radius 1 is 1.04 bits per heavy atom. The first-order valence-corrected chi connectivity index (χ1v) is 7.12. The number of fused-ring (bicyclic) bond motifs is 1. The van der Waals surface area contributed by atoms with Crippen LogP contribution in [0.4, 0.5) is 0 Å². The minimum absolute atomic E-state index is 0.369. The quantitative estimate of drug-likeness (QED) is 0.694. The number of aromatic nitrogens is 1. The van der Waals surface area contributed by atoms with Gasteiger partial charge in [0, 0.05) is 12.6 Å². The van der Waals surface area contributed by atoms with Gasteiger partial charge in [0.25, 0.3) is 0 Å². The van der Waals surface area contributed by atoms with E-state index in [1.165, 1.54) is 4.57 Å². The number of hydrogen-bond donors (Lipinski definition) is 0. The van der Waals surface area contributed by atoms with Crippen molar-refractivity contribution in [2.75, 3.05) is 14.2 Å². The molecule has 5 heteroatoms. The van der Waals surface area contributed by atoms with Gasteiger partial charge in [0.15, 0.2) is 17.1 Å². The molecule has 118 valence electrons. The molecule has 3 rings (SSSR count). The molecule has 0 atom stereocenters. The average molecular weight is 311 g/mol. The van der Waals surface area contributed by atoms with Crippen molar-refractivity contribution in [3.05, 3.63) is 58.1 Å². The maximum Gasteiger partial charge on any atom is 0.419 e. The van der Waals surface area contributed by atoms with E-state index in [2.05, 4.69) is 0 Å². The van der Waals surface area contributed by atoms with Crippen LogP contribution in [0.25, 0.3) is 23.3 Å². The van der Waals surface area contributed by atoms with E-state index in [1.54, 1.807) is 21.3 Å². The van der Waals surface area contributed by atoms with E-state index in [0.29, 0.717) is 17.1 Å². The zero-order valence-electron chi connectivity index (χ0n) is 13.2. The number of para-hydroxylation sites is 1. The average Bonchev–Trinajstić information content (AvgIpc) is 2.88. The van der Waals surface area contributed by atoms with Gasteiger partial charge in [-0.05, 0) is 23.8 Å². The lowest BCUT2D eigenvalue weighted by Gasteiger charge is -2.07. The summed E-state index contributed by atoms with van der Waals surface area (Å²) >= 11 is 0. The molecule has 23 heavy (non-hydrogen) atoms. The number of benzene rings is 2. The molecule has 0 saturated heterocycles. The number of oxazole rings is 1. The lowest BCUT2D eigenvalue weighted by atomic mass is 10.1. The minimum atomic E-state index is -0.369. The third-order valence-electron chi connectivity index (χ3n) is 3.71. The van der Waals surface area contributed by atoms with E-state index in [9.17, 15) is 4.79 Å². The maximum absolute atomic E-state index is 11.7. The highest BCUT2D eigenvalue weighted by molar-refractivity contribution is 5.86. The molecule has 1 aromatic heterocycles. The Labute approximate surface area is 133 Å². The molecule has 0 aliphatic heterocycles. The monoisotopic (exact) mass is 311 g/mol. The van der Waals surface area contributed by atoms with Gasteiger partial charge in [-0.25, -0.2) is 4.79 Å². The van der Waals surface area contributed by atoms with Crippen molar-refractivity contribution in [2.24, 2.45) is 7.05 Å². The van der Waals surface area contributed by atoms with Gasteiger partial charge in [0.2, 0.25) is 0 Å². The fraction of sp³-hybridized carbons (Fsp3) is 0.167. The normalized spacial score (nSPS) is 11.3. The predicted molar refractivity (Wildman–Crippen MR) is 89.9 cm³/mol. The van der Waals surface area contributed by atoms with E-state index in [0.717, 1.165) is 16.6 Å². The molecular weight excluding hydrogens is 294 g/mol. The molecule has 0 unspecified atom stereocenters. The van der Waals surface area contributed by atoms with Gasteiger partial charge in [-0.15, -0.1) is 0 Å². The Balaban J connectivity index is 2.00. The van der Waals surface area contributed by atoms with Crippen LogP contribution in [0.2, 0.25) is 0 Å². The van der Waals surface area contributed by atoms with Crippen molar-refractivity contribution in [3.8, 4) is 11.5 Å². The first-order chi connectivity index (χ1) is 11.1. The predicted octanol–water partition coefficient (Wildman–Crippen LogP) is 3.32. The summed E-state index contributed by atoms with van der Waals surface area (Å²) in [4.78, 5) is 11.7. The molecule has 0 N–H and O–H groups in total. The summed E-state index contributed by atoms with van der Waals surface area (Å²) in [6.45, 7) is 0. The Hall–Kier alpha value is -2.95. The maximum atomic E-state index is 11.7. The largest absolute Gasteiger partial charge is 0.493 e. The van der Waals surface area contributed by atoms with Gasteiger partial charge < -0.3 is 13.9 Å². The van der Waals surface area contributed by atoms with Crippen LogP contribution < -0.4 is 15.2 Å². The Kier molecular flexibility index (Phi) is 3.93. The van der Waals surface area contributed by atoms with Gasteiger partial charge in [0.1, 0.15) is 0 Å². The lowest BCUT2D eigenvalue weighted by molar-refractivity contribution is 0.355. The van der Waals surface area contributed by atoms with Crippen LogP contribution in [0.3, 0.4) is 0 Å². The van der Waals surface area contributed by atoms with Gasteiger partial charge >= 0.3 is 5.76 Å². The molecule has 0 aliphatic rings. The molecule has 0 bridgehead atoms. The highest BCUT2D eigenvalue weighted by atomic mass is 16.5. The van der Waals surface area contributed by atoms with Crippen LogP contribution in [-0.4, -0.2) is 18.8 Å². The fourth-order valence-corrected chi connectivity index (χ4v) is 2.45. The third kappa shape index (κ3) is 2.73. The van der Waals surface area contributed by atoms with E-state index in [1.807, 2.05) is 48.6 Å². The molecule has 0 radical (unpaired) electrons. The number of aryl methyl sites for hydroxylation is 1. The standard InChI is InChI=1S/C18H17NO4/c1-19-14-6-4-5-13(17(14)23-18(19)20)9-7-12-8-10-15(21-2)16(11-12)22-3/h4-11H,1-3H3/b9-7+. The fourth-order valence-electron chi connectivity index (χ4n) is 2.45. The van der Waals surface area contributed by atoms with Crippen LogP contribution in [0.1, 0.15) is 11.1 Å². The molecule has 1 heterocycles. The number of methoxy groups -OCH3 is 2. The van der Waals surface area contributed by atoms with E-state index < -0.39 is 0 Å². The number of rotatable bonds is 4. The number of ether oxygens (including phenoxy) is 2. The topological polar surface area (TPSA) is 53.6 Å². The van der Waals surface area contributed by atoms with E-state index in [-0.39, 0.29) is 5.76 Å². The first kappa shape index (κ1) is 15.0. The minimum Gasteiger partial charge on any atom is -0.493 e. The van der Waals surface area contributed by atoms with Gasteiger partial charge in [-0.1, -0.05) is 30.4 Å². The molecule has 5 nitrogen and oxygen atoms in total. The molecule has 2 aromatic carbocycles. The van der Waals surface area contributed by atoms with Crippen LogP contribution in [-0.2, 0) is 7.05 Å². The van der Waals surface area contributed by atoms with E-state index in [4.69, 9.17) is 13.9 Å². The molecule has 0 spiro atoms. The van der Waals surface area contributed by atoms with E-state index >= 15 is 0 Å². The van der Waals surface area contributed by atoms with Crippen LogP contribution in [0.5, 0.6) is 11.5 Å². The number of hydrogen-bond acceptors (Lipinski definition) is 4. The second kappa shape index (κ2) is 6.04. The van der Waals surface area contributed by atoms with Crippen molar-refractivity contribution in [1.82, 2.24) is 4.57 Å². The Morgan fingerprint density at radius 2 is 1.83 bits per heavy atom. The van der Waals surface area contributed by atoms with Crippen LogP contribution in [0, 0.1) is 0 Å².